The van der Waals surface area contributed by atoms with Gasteiger partial charge in [-0.2, -0.15) is 5.26 Å². The van der Waals surface area contributed by atoms with E-state index in [4.69, 9.17) is 0 Å². The molecule has 4 nitrogen and oxygen atoms in total. The third-order valence-corrected chi connectivity index (χ3v) is 10.9. The molecule has 242 valence electrons. The van der Waals surface area contributed by atoms with Crippen LogP contribution in [0.25, 0.3) is 71.1 Å². The van der Waals surface area contributed by atoms with Crippen molar-refractivity contribution in [1.29, 1.82) is 5.26 Å². The molecule has 0 bridgehead atoms. The molecule has 0 saturated carbocycles. The summed E-state index contributed by atoms with van der Waals surface area (Å²) < 4.78 is 7.21. The lowest BCUT2D eigenvalue weighted by atomic mass is 9.93. The average molecular weight is 655 g/mol. The highest BCUT2D eigenvalue weighted by Gasteiger charge is 2.24. The SMILES string of the molecule is Cc1cc(Cn2c3ccccc3c3ccccc32)c(C#N)c(-n2c3ccccc3c3ccccc32)c1CCn1c2ccccc2c2ccccc21. The average Bonchev–Trinajstić information content (AvgIpc) is 3.80. The lowest BCUT2D eigenvalue weighted by molar-refractivity contribution is 0.737. The van der Waals surface area contributed by atoms with Crippen LogP contribution in [-0.2, 0) is 19.5 Å². The molecule has 51 heavy (non-hydrogen) atoms. The Labute approximate surface area is 295 Å². The standard InChI is InChI=1S/C47H34N4/c1-31-28-32(30-50-43-22-10-4-16-36(43)37-17-5-11-23-44(37)50)40(29-48)47(51-45-24-12-6-18-38(45)39-19-7-13-25-46(39)51)33(31)26-27-49-41-20-8-2-14-34(41)35-15-3-9-21-42(35)49/h2-25,28H,26-27,30H2,1H3. The molecule has 0 spiro atoms. The number of hydrogen-bond acceptors (Lipinski definition) is 1. The van der Waals surface area contributed by atoms with Crippen molar-refractivity contribution in [2.24, 2.45) is 0 Å². The van der Waals surface area contributed by atoms with Crippen molar-refractivity contribution < 1.29 is 0 Å². The second-order valence-electron chi connectivity index (χ2n) is 13.6. The molecule has 0 N–H and O–H groups in total. The molecular formula is C47H34N4. The van der Waals surface area contributed by atoms with Gasteiger partial charge in [-0.15, -0.1) is 0 Å². The largest absolute Gasteiger partial charge is 0.340 e. The van der Waals surface area contributed by atoms with Crippen LogP contribution in [0.15, 0.2) is 152 Å². The van der Waals surface area contributed by atoms with Gasteiger partial charge in [0.2, 0.25) is 0 Å². The number of para-hydroxylation sites is 6. The Kier molecular flexibility index (Phi) is 6.62. The number of nitrogens with zero attached hydrogens (tertiary/aromatic N) is 4. The second-order valence-corrected chi connectivity index (χ2v) is 13.6. The molecule has 0 radical (unpaired) electrons. The van der Waals surface area contributed by atoms with Gasteiger partial charge >= 0.3 is 0 Å². The van der Waals surface area contributed by atoms with E-state index in [-0.39, 0.29) is 0 Å². The van der Waals surface area contributed by atoms with Crippen LogP contribution in [0.3, 0.4) is 0 Å². The number of nitriles is 1. The molecule has 3 heterocycles. The van der Waals surface area contributed by atoms with Crippen LogP contribution < -0.4 is 0 Å². The Morgan fingerprint density at radius 2 is 0.863 bits per heavy atom. The zero-order valence-electron chi connectivity index (χ0n) is 28.3. The fourth-order valence-corrected chi connectivity index (χ4v) is 8.70. The van der Waals surface area contributed by atoms with Crippen LogP contribution >= 0.6 is 0 Å². The number of benzene rings is 7. The quantitative estimate of drug-likeness (QED) is 0.176. The molecule has 3 aromatic heterocycles. The number of rotatable bonds is 6. The van der Waals surface area contributed by atoms with Crippen LogP contribution in [0.2, 0.25) is 0 Å². The first kappa shape index (κ1) is 29.4. The van der Waals surface area contributed by atoms with Crippen molar-refractivity contribution in [2.75, 3.05) is 0 Å². The van der Waals surface area contributed by atoms with Gasteiger partial charge in [0.05, 0.1) is 22.3 Å². The van der Waals surface area contributed by atoms with Crippen LogP contribution in [0.5, 0.6) is 0 Å². The van der Waals surface area contributed by atoms with Gasteiger partial charge in [0.15, 0.2) is 0 Å². The topological polar surface area (TPSA) is 38.6 Å². The Hall–Kier alpha value is -6.57. The van der Waals surface area contributed by atoms with Gasteiger partial charge in [-0.05, 0) is 66.4 Å². The first-order chi connectivity index (χ1) is 25.2. The predicted molar refractivity (Wildman–Crippen MR) is 212 cm³/mol. The van der Waals surface area contributed by atoms with E-state index in [0.717, 1.165) is 40.8 Å². The summed E-state index contributed by atoms with van der Waals surface area (Å²) in [6.07, 6.45) is 0.773. The molecule has 0 aliphatic carbocycles. The summed E-state index contributed by atoms with van der Waals surface area (Å²) in [4.78, 5) is 0. The fraction of sp³-hybridized carbons (Fsp3) is 0.0851. The van der Waals surface area contributed by atoms with Crippen molar-refractivity contribution in [3.8, 4) is 11.8 Å². The van der Waals surface area contributed by atoms with Crippen molar-refractivity contribution >= 4 is 65.4 Å². The summed E-state index contributed by atoms with van der Waals surface area (Å²) in [6.45, 7) is 3.61. The van der Waals surface area contributed by atoms with Gasteiger partial charge in [-0.25, -0.2) is 0 Å². The summed E-state index contributed by atoms with van der Waals surface area (Å²) in [5, 5.41) is 18.7. The van der Waals surface area contributed by atoms with Crippen LogP contribution in [0.4, 0.5) is 0 Å². The second kappa shape index (κ2) is 11.5. The van der Waals surface area contributed by atoms with Gasteiger partial charge in [-0.3, -0.25) is 0 Å². The molecule has 0 saturated heterocycles. The smallest absolute Gasteiger partial charge is 0.102 e. The van der Waals surface area contributed by atoms with Crippen LogP contribution in [-0.4, -0.2) is 13.7 Å². The Balaban J connectivity index is 1.23. The fourth-order valence-electron chi connectivity index (χ4n) is 8.70. The van der Waals surface area contributed by atoms with Gasteiger partial charge in [0.25, 0.3) is 0 Å². The molecule has 10 aromatic rings. The summed E-state index contributed by atoms with van der Waals surface area (Å²) in [6, 6.07) is 56.9. The Bertz CT molecular complexity index is 2870. The molecule has 0 aliphatic heterocycles. The van der Waals surface area contributed by atoms with Crippen molar-refractivity contribution in [1.82, 2.24) is 13.7 Å². The molecule has 4 heteroatoms. The molecule has 0 aliphatic rings. The number of aryl methyl sites for hydroxylation is 2. The van der Waals surface area contributed by atoms with E-state index in [1.54, 1.807) is 0 Å². The molecule has 0 atom stereocenters. The summed E-state index contributed by atoms with van der Waals surface area (Å²) in [5.74, 6) is 0. The maximum absolute atomic E-state index is 11.3. The Morgan fingerprint density at radius 3 is 1.29 bits per heavy atom. The van der Waals surface area contributed by atoms with Gasteiger partial charge in [0.1, 0.15) is 6.07 Å². The summed E-state index contributed by atoms with van der Waals surface area (Å²) >= 11 is 0. The minimum atomic E-state index is 0.592. The molecule has 0 unspecified atom stereocenters. The minimum Gasteiger partial charge on any atom is -0.340 e. The first-order valence-electron chi connectivity index (χ1n) is 17.7. The molecule has 0 fully saturated rings. The number of hydrogen-bond donors (Lipinski definition) is 0. The van der Waals surface area contributed by atoms with E-state index >= 15 is 0 Å². The van der Waals surface area contributed by atoms with E-state index in [2.05, 4.69) is 178 Å². The van der Waals surface area contributed by atoms with Gasteiger partial charge in [0, 0.05) is 67.5 Å². The Morgan fingerprint density at radius 1 is 0.490 bits per heavy atom. The van der Waals surface area contributed by atoms with E-state index in [1.807, 2.05) is 0 Å². The van der Waals surface area contributed by atoms with E-state index in [0.29, 0.717) is 6.54 Å². The summed E-state index contributed by atoms with van der Waals surface area (Å²) in [5.41, 5.74) is 12.2. The maximum atomic E-state index is 11.3. The lowest BCUT2D eigenvalue weighted by Gasteiger charge is -2.22. The number of aromatic nitrogens is 3. The summed E-state index contributed by atoms with van der Waals surface area (Å²) in [7, 11) is 0. The third-order valence-electron chi connectivity index (χ3n) is 10.9. The van der Waals surface area contributed by atoms with Crippen LogP contribution in [0, 0.1) is 18.3 Å². The van der Waals surface area contributed by atoms with Gasteiger partial charge < -0.3 is 13.7 Å². The minimum absolute atomic E-state index is 0.592. The number of fused-ring (bicyclic) bond motifs is 9. The molecule has 0 amide bonds. The third kappa shape index (κ3) is 4.38. The van der Waals surface area contributed by atoms with E-state index in [1.165, 1.54) is 65.5 Å². The van der Waals surface area contributed by atoms with E-state index < -0.39 is 0 Å². The molecule has 7 aromatic carbocycles. The highest BCUT2D eigenvalue weighted by Crippen LogP contribution is 2.39. The van der Waals surface area contributed by atoms with Crippen molar-refractivity contribution in [3.63, 3.8) is 0 Å². The zero-order chi connectivity index (χ0) is 34.1. The van der Waals surface area contributed by atoms with E-state index in [9.17, 15) is 5.26 Å². The van der Waals surface area contributed by atoms with Crippen molar-refractivity contribution in [3.05, 3.63) is 174 Å². The zero-order valence-corrected chi connectivity index (χ0v) is 28.3. The van der Waals surface area contributed by atoms with Gasteiger partial charge in [-0.1, -0.05) is 115 Å². The molecule has 10 rings (SSSR count). The highest BCUT2D eigenvalue weighted by atomic mass is 15.0. The highest BCUT2D eigenvalue weighted by molar-refractivity contribution is 6.10. The monoisotopic (exact) mass is 654 g/mol. The van der Waals surface area contributed by atoms with Crippen LogP contribution in [0.1, 0.15) is 22.3 Å². The molecular weight excluding hydrogens is 621 g/mol. The predicted octanol–water partition coefficient (Wildman–Crippen LogP) is 11.5. The first-order valence-corrected chi connectivity index (χ1v) is 17.7. The van der Waals surface area contributed by atoms with Crippen molar-refractivity contribution in [2.45, 2.75) is 26.4 Å². The lowest BCUT2D eigenvalue weighted by Crippen LogP contribution is -2.12. The maximum Gasteiger partial charge on any atom is 0.102 e. The normalized spacial score (nSPS) is 11.8.